The number of carbonyl (C=O) groups excluding carboxylic acids is 2. The van der Waals surface area contributed by atoms with Crippen LogP contribution in [-0.4, -0.2) is 23.1 Å². The van der Waals surface area contributed by atoms with E-state index in [1.807, 2.05) is 32.0 Å². The highest BCUT2D eigenvalue weighted by Crippen LogP contribution is 2.14. The van der Waals surface area contributed by atoms with Gasteiger partial charge in [0, 0.05) is 18.7 Å². The maximum atomic E-state index is 11.9. The Labute approximate surface area is 161 Å². The summed E-state index contributed by atoms with van der Waals surface area (Å²) >= 11 is 0. The molecule has 3 rings (SSSR count). The third-order valence-corrected chi connectivity index (χ3v) is 4.49. The van der Waals surface area contributed by atoms with Crippen molar-refractivity contribution in [2.24, 2.45) is 0 Å². The summed E-state index contributed by atoms with van der Waals surface area (Å²) in [6.07, 6.45) is 0.504. The highest BCUT2D eigenvalue weighted by molar-refractivity contribution is 5.92. The van der Waals surface area contributed by atoms with Crippen molar-refractivity contribution in [3.63, 3.8) is 0 Å². The van der Waals surface area contributed by atoms with Crippen LogP contribution in [-0.2, 0) is 20.9 Å². The number of fused-ring (bicyclic) bond motifs is 1. The lowest BCUT2D eigenvalue weighted by atomic mass is 10.1. The Morgan fingerprint density at radius 2 is 1.89 bits per heavy atom. The summed E-state index contributed by atoms with van der Waals surface area (Å²) in [5.74, 6) is -1.34. The van der Waals surface area contributed by atoms with E-state index in [0.717, 1.165) is 11.1 Å². The number of benzene rings is 2. The molecule has 0 bridgehead atoms. The van der Waals surface area contributed by atoms with Gasteiger partial charge >= 0.3 is 11.7 Å². The molecule has 28 heavy (non-hydrogen) atoms. The first kappa shape index (κ1) is 19.4. The molecule has 0 radical (unpaired) electrons. The first-order chi connectivity index (χ1) is 13.4. The fraction of sp³-hybridized carbons (Fsp3) is 0.286. The van der Waals surface area contributed by atoms with Gasteiger partial charge in [-0.25, -0.2) is 4.79 Å². The normalized spacial score (nSPS) is 10.8. The van der Waals surface area contributed by atoms with Gasteiger partial charge in [-0.2, -0.15) is 0 Å². The molecule has 0 atom stereocenters. The lowest BCUT2D eigenvalue weighted by Gasteiger charge is -2.08. The van der Waals surface area contributed by atoms with Gasteiger partial charge in [0.05, 0.1) is 5.52 Å². The van der Waals surface area contributed by atoms with Crippen molar-refractivity contribution in [2.45, 2.75) is 33.2 Å². The summed E-state index contributed by atoms with van der Waals surface area (Å²) in [6, 6.07) is 12.7. The van der Waals surface area contributed by atoms with Crippen LogP contribution >= 0.6 is 0 Å². The zero-order chi connectivity index (χ0) is 20.1. The van der Waals surface area contributed by atoms with Gasteiger partial charge in [-0.15, -0.1) is 0 Å². The molecule has 1 aromatic heterocycles. The lowest BCUT2D eigenvalue weighted by Crippen LogP contribution is -2.21. The first-order valence-electron chi connectivity index (χ1n) is 9.05. The molecule has 0 fully saturated rings. The van der Waals surface area contributed by atoms with E-state index in [1.54, 1.807) is 24.3 Å². The molecule has 7 nitrogen and oxygen atoms in total. The molecule has 7 heteroatoms. The van der Waals surface area contributed by atoms with Gasteiger partial charge in [-0.05, 0) is 55.7 Å². The van der Waals surface area contributed by atoms with Crippen LogP contribution in [0.1, 0.15) is 24.0 Å². The molecule has 0 saturated carbocycles. The van der Waals surface area contributed by atoms with Crippen molar-refractivity contribution in [3.8, 4) is 0 Å². The Balaban J connectivity index is 1.44. The van der Waals surface area contributed by atoms with Crippen molar-refractivity contribution >= 4 is 28.7 Å². The number of hydrogen-bond acceptors (Lipinski definition) is 5. The number of nitrogens with zero attached hydrogens (tertiary/aromatic N) is 1. The highest BCUT2D eigenvalue weighted by Gasteiger charge is 2.11. The number of oxazole rings is 1. The average molecular weight is 382 g/mol. The van der Waals surface area contributed by atoms with Crippen LogP contribution in [0.2, 0.25) is 0 Å². The number of rotatable bonds is 7. The molecule has 0 spiro atoms. The second-order valence-corrected chi connectivity index (χ2v) is 6.60. The van der Waals surface area contributed by atoms with Gasteiger partial charge in [0.25, 0.3) is 5.91 Å². The highest BCUT2D eigenvalue weighted by atomic mass is 16.5. The van der Waals surface area contributed by atoms with Crippen LogP contribution in [0, 0.1) is 13.8 Å². The minimum atomic E-state index is -0.490. The van der Waals surface area contributed by atoms with E-state index in [1.165, 1.54) is 4.57 Å². The van der Waals surface area contributed by atoms with Gasteiger partial charge in [0.15, 0.2) is 12.2 Å². The number of amides is 1. The summed E-state index contributed by atoms with van der Waals surface area (Å²) in [7, 11) is 0. The molecule has 0 aliphatic heterocycles. The second-order valence-electron chi connectivity index (χ2n) is 6.60. The SMILES string of the molecule is Cc1ccc(NC(=O)COC(=O)CCCn2c(=O)oc3ccccc32)cc1C. The summed E-state index contributed by atoms with van der Waals surface area (Å²) < 4.78 is 11.6. The molecule has 1 N–H and O–H groups in total. The third kappa shape index (κ3) is 4.68. The maximum absolute atomic E-state index is 11.9. The monoisotopic (exact) mass is 382 g/mol. The zero-order valence-electron chi connectivity index (χ0n) is 15.9. The number of aromatic nitrogens is 1. The summed E-state index contributed by atoms with van der Waals surface area (Å²) in [6.45, 7) is 3.93. The molecule has 1 heterocycles. The molecule has 146 valence electrons. The molecule has 0 aliphatic rings. The van der Waals surface area contributed by atoms with Gasteiger partial charge in [-0.3, -0.25) is 14.2 Å². The molecular weight excluding hydrogens is 360 g/mol. The number of aryl methyl sites for hydroxylation is 3. The fourth-order valence-corrected chi connectivity index (χ4v) is 2.84. The molecule has 1 amide bonds. The predicted molar refractivity (Wildman–Crippen MR) is 105 cm³/mol. The number of ether oxygens (including phenoxy) is 1. The van der Waals surface area contributed by atoms with Crippen LogP contribution in [0.25, 0.3) is 11.1 Å². The summed E-state index contributed by atoms with van der Waals surface area (Å²) in [5, 5.41) is 2.70. The van der Waals surface area contributed by atoms with Gasteiger partial charge in [0.1, 0.15) is 0 Å². The first-order valence-corrected chi connectivity index (χ1v) is 9.05. The molecule has 0 saturated heterocycles. The molecule has 3 aromatic rings. The molecule has 0 aliphatic carbocycles. The van der Waals surface area contributed by atoms with E-state index in [0.29, 0.717) is 29.8 Å². The number of hydrogen-bond donors (Lipinski definition) is 1. The van der Waals surface area contributed by atoms with Gasteiger partial charge in [-0.1, -0.05) is 18.2 Å². The topological polar surface area (TPSA) is 90.5 Å². The molecule has 2 aromatic carbocycles. The third-order valence-electron chi connectivity index (χ3n) is 4.49. The summed E-state index contributed by atoms with van der Waals surface area (Å²) in [4.78, 5) is 35.7. The van der Waals surface area contributed by atoms with Crippen LogP contribution in [0.5, 0.6) is 0 Å². The van der Waals surface area contributed by atoms with Crippen molar-refractivity contribution in [1.29, 1.82) is 0 Å². The van der Waals surface area contributed by atoms with Crippen LogP contribution < -0.4 is 11.1 Å². The summed E-state index contributed by atoms with van der Waals surface area (Å²) in [5.41, 5.74) is 4.06. The van der Waals surface area contributed by atoms with E-state index in [2.05, 4.69) is 5.32 Å². The number of para-hydroxylation sites is 2. The number of carbonyl (C=O) groups is 2. The number of anilines is 1. The second kappa shape index (κ2) is 8.56. The Kier molecular flexibility index (Phi) is 5.93. The number of nitrogens with one attached hydrogen (secondary N) is 1. The average Bonchev–Trinajstić information content (AvgIpc) is 2.98. The smallest absolute Gasteiger partial charge is 0.419 e. The van der Waals surface area contributed by atoms with Gasteiger partial charge in [0.2, 0.25) is 0 Å². The zero-order valence-corrected chi connectivity index (χ0v) is 15.9. The Bertz CT molecular complexity index is 1060. The van der Waals surface area contributed by atoms with Crippen molar-refractivity contribution < 1.29 is 18.7 Å². The van der Waals surface area contributed by atoms with Gasteiger partial charge < -0.3 is 14.5 Å². The van der Waals surface area contributed by atoms with E-state index in [9.17, 15) is 14.4 Å². The van der Waals surface area contributed by atoms with Crippen molar-refractivity contribution in [1.82, 2.24) is 4.57 Å². The maximum Gasteiger partial charge on any atom is 0.419 e. The fourth-order valence-electron chi connectivity index (χ4n) is 2.84. The predicted octanol–water partition coefficient (Wildman–Crippen LogP) is 3.17. The quantitative estimate of drug-likeness (QED) is 0.634. The lowest BCUT2D eigenvalue weighted by molar-refractivity contribution is -0.147. The Hall–Kier alpha value is -3.35. The minimum absolute atomic E-state index is 0.100. The Morgan fingerprint density at radius 3 is 2.68 bits per heavy atom. The van der Waals surface area contributed by atoms with E-state index in [-0.39, 0.29) is 13.0 Å². The van der Waals surface area contributed by atoms with Crippen molar-refractivity contribution in [3.05, 3.63) is 64.1 Å². The van der Waals surface area contributed by atoms with Crippen molar-refractivity contribution in [2.75, 3.05) is 11.9 Å². The van der Waals surface area contributed by atoms with Crippen LogP contribution in [0.4, 0.5) is 5.69 Å². The van der Waals surface area contributed by atoms with Crippen LogP contribution in [0.3, 0.4) is 0 Å². The molecule has 0 unspecified atom stereocenters. The molecular formula is C21H22N2O5. The van der Waals surface area contributed by atoms with E-state index < -0.39 is 17.6 Å². The Morgan fingerprint density at radius 1 is 1.11 bits per heavy atom. The minimum Gasteiger partial charge on any atom is -0.456 e. The standard InChI is InChI=1S/C21H22N2O5/c1-14-9-10-16(12-15(14)2)22-19(24)13-27-20(25)8-5-11-23-17-6-3-4-7-18(17)28-21(23)26/h3-4,6-7,9-10,12H,5,8,11,13H2,1-2H3,(H,22,24). The van der Waals surface area contributed by atoms with Crippen LogP contribution in [0.15, 0.2) is 51.7 Å². The van der Waals surface area contributed by atoms with E-state index in [4.69, 9.17) is 9.15 Å². The number of esters is 1. The largest absolute Gasteiger partial charge is 0.456 e. The van der Waals surface area contributed by atoms with E-state index >= 15 is 0 Å².